The summed E-state index contributed by atoms with van der Waals surface area (Å²) in [6.07, 6.45) is 2.00. The van der Waals surface area contributed by atoms with Gasteiger partial charge in [-0.25, -0.2) is 0 Å². The van der Waals surface area contributed by atoms with Gasteiger partial charge in [-0.05, 0) is 30.4 Å². The maximum Gasteiger partial charge on any atom is 0.253 e. The summed E-state index contributed by atoms with van der Waals surface area (Å²) in [5, 5.41) is 6.09. The van der Waals surface area contributed by atoms with Gasteiger partial charge in [-0.15, -0.1) is 0 Å². The fourth-order valence-electron chi connectivity index (χ4n) is 2.33. The summed E-state index contributed by atoms with van der Waals surface area (Å²) in [5.74, 6) is -0.0160. The molecule has 2 N–H and O–H groups in total. The third-order valence-electron chi connectivity index (χ3n) is 3.82. The first kappa shape index (κ1) is 13.9. The van der Waals surface area contributed by atoms with Gasteiger partial charge in [0.15, 0.2) is 0 Å². The average Bonchev–Trinajstić information content (AvgIpc) is 2.45. The van der Waals surface area contributed by atoms with Crippen LogP contribution in [0.1, 0.15) is 30.1 Å². The molecule has 1 aliphatic rings. The summed E-state index contributed by atoms with van der Waals surface area (Å²) in [6.45, 7) is 4.49. The van der Waals surface area contributed by atoms with E-state index >= 15 is 0 Å². The van der Waals surface area contributed by atoms with Crippen LogP contribution in [-0.4, -0.2) is 32.7 Å². The van der Waals surface area contributed by atoms with Crippen molar-refractivity contribution in [2.75, 3.05) is 32.1 Å². The minimum atomic E-state index is -0.0160. The second-order valence-corrected chi connectivity index (χ2v) is 5.40. The molecule has 0 radical (unpaired) electrons. The van der Waals surface area contributed by atoms with E-state index in [-0.39, 0.29) is 11.3 Å². The van der Waals surface area contributed by atoms with Crippen molar-refractivity contribution < 1.29 is 9.53 Å². The third-order valence-corrected chi connectivity index (χ3v) is 3.82. The Morgan fingerprint density at radius 2 is 2.00 bits per heavy atom. The molecule has 4 nitrogen and oxygen atoms in total. The second-order valence-electron chi connectivity index (χ2n) is 5.40. The van der Waals surface area contributed by atoms with Crippen molar-refractivity contribution in [3.63, 3.8) is 0 Å². The molecular formula is C15H22N2O2. The lowest BCUT2D eigenvalue weighted by Crippen LogP contribution is -2.39. The largest absolute Gasteiger partial charge is 0.387 e. The van der Waals surface area contributed by atoms with Gasteiger partial charge in [0.1, 0.15) is 0 Å². The molecule has 0 saturated carbocycles. The Morgan fingerprint density at radius 1 is 1.32 bits per heavy atom. The average molecular weight is 262 g/mol. The zero-order valence-corrected chi connectivity index (χ0v) is 11.7. The first-order valence-corrected chi connectivity index (χ1v) is 6.77. The van der Waals surface area contributed by atoms with Gasteiger partial charge in [0.05, 0.1) is 5.56 Å². The molecule has 1 amide bonds. The molecule has 19 heavy (non-hydrogen) atoms. The molecule has 104 valence electrons. The lowest BCUT2D eigenvalue weighted by atomic mass is 9.82. The first-order valence-electron chi connectivity index (χ1n) is 6.77. The number of hydrogen-bond donors (Lipinski definition) is 2. The van der Waals surface area contributed by atoms with E-state index in [4.69, 9.17) is 4.74 Å². The lowest BCUT2D eigenvalue weighted by Gasteiger charge is -2.33. The van der Waals surface area contributed by atoms with Crippen LogP contribution in [0.5, 0.6) is 0 Å². The number of amides is 1. The van der Waals surface area contributed by atoms with E-state index in [0.717, 1.165) is 31.7 Å². The predicted molar refractivity (Wildman–Crippen MR) is 76.5 cm³/mol. The predicted octanol–water partition coefficient (Wildman–Crippen LogP) is 2.27. The van der Waals surface area contributed by atoms with Gasteiger partial charge in [-0.3, -0.25) is 4.79 Å². The summed E-state index contributed by atoms with van der Waals surface area (Å²) in [4.78, 5) is 12.2. The molecule has 1 fully saturated rings. The number of nitrogens with one attached hydrogen (secondary N) is 2. The monoisotopic (exact) mass is 262 g/mol. The molecule has 1 heterocycles. The van der Waals surface area contributed by atoms with Crippen LogP contribution in [0.2, 0.25) is 0 Å². The van der Waals surface area contributed by atoms with Gasteiger partial charge in [-0.2, -0.15) is 0 Å². The number of ether oxygens (including phenoxy) is 1. The van der Waals surface area contributed by atoms with Crippen LogP contribution >= 0.6 is 0 Å². The fraction of sp³-hybridized carbons (Fsp3) is 0.533. The number of carbonyl (C=O) groups excluding carboxylic acids is 1. The summed E-state index contributed by atoms with van der Waals surface area (Å²) in [6, 6.07) is 7.55. The van der Waals surface area contributed by atoms with Crippen molar-refractivity contribution in [2.24, 2.45) is 5.41 Å². The second kappa shape index (κ2) is 6.06. The molecule has 1 aromatic rings. The van der Waals surface area contributed by atoms with Gasteiger partial charge in [0.2, 0.25) is 0 Å². The smallest absolute Gasteiger partial charge is 0.253 e. The van der Waals surface area contributed by atoms with E-state index in [1.54, 1.807) is 0 Å². The SMILES string of the molecule is CNc1ccccc1C(=O)NCC1(C)CCOCC1. The van der Waals surface area contributed by atoms with Crippen LogP contribution in [0.25, 0.3) is 0 Å². The fourth-order valence-corrected chi connectivity index (χ4v) is 2.33. The van der Waals surface area contributed by atoms with Crippen molar-refractivity contribution >= 4 is 11.6 Å². The lowest BCUT2D eigenvalue weighted by molar-refractivity contribution is 0.0238. The quantitative estimate of drug-likeness (QED) is 0.875. The number of benzene rings is 1. The Morgan fingerprint density at radius 3 is 2.68 bits per heavy atom. The molecule has 1 aromatic carbocycles. The van der Waals surface area contributed by atoms with Crippen molar-refractivity contribution in [3.05, 3.63) is 29.8 Å². The van der Waals surface area contributed by atoms with E-state index in [0.29, 0.717) is 12.1 Å². The third kappa shape index (κ3) is 3.47. The summed E-state index contributed by atoms with van der Waals surface area (Å²) in [5.41, 5.74) is 1.71. The van der Waals surface area contributed by atoms with E-state index in [2.05, 4.69) is 17.6 Å². The van der Waals surface area contributed by atoms with Crippen molar-refractivity contribution in [3.8, 4) is 0 Å². The molecule has 0 atom stereocenters. The molecule has 0 aromatic heterocycles. The van der Waals surface area contributed by atoms with Crippen molar-refractivity contribution in [2.45, 2.75) is 19.8 Å². The normalized spacial score (nSPS) is 17.8. The highest BCUT2D eigenvalue weighted by atomic mass is 16.5. The van der Waals surface area contributed by atoms with Gasteiger partial charge in [0.25, 0.3) is 5.91 Å². The number of carbonyl (C=O) groups is 1. The van der Waals surface area contributed by atoms with E-state index in [1.807, 2.05) is 31.3 Å². The highest BCUT2D eigenvalue weighted by Gasteiger charge is 2.28. The summed E-state index contributed by atoms with van der Waals surface area (Å²) >= 11 is 0. The van der Waals surface area contributed by atoms with Crippen LogP contribution in [0, 0.1) is 5.41 Å². The molecular weight excluding hydrogens is 240 g/mol. The van der Waals surface area contributed by atoms with Crippen LogP contribution in [-0.2, 0) is 4.74 Å². The molecule has 0 spiro atoms. The molecule has 0 unspecified atom stereocenters. The number of hydrogen-bond acceptors (Lipinski definition) is 3. The summed E-state index contributed by atoms with van der Waals surface area (Å²) < 4.78 is 5.37. The van der Waals surface area contributed by atoms with Crippen LogP contribution in [0.3, 0.4) is 0 Å². The Labute approximate surface area is 114 Å². The van der Waals surface area contributed by atoms with Crippen LogP contribution in [0.4, 0.5) is 5.69 Å². The standard InChI is InChI=1S/C15H22N2O2/c1-15(7-9-19-10-8-15)11-17-14(18)12-5-3-4-6-13(12)16-2/h3-6,16H,7-11H2,1-2H3,(H,17,18). The highest BCUT2D eigenvalue weighted by Crippen LogP contribution is 2.28. The minimum absolute atomic E-state index is 0.0160. The zero-order chi connectivity index (χ0) is 13.7. The molecule has 4 heteroatoms. The number of para-hydroxylation sites is 1. The van der Waals surface area contributed by atoms with Crippen LogP contribution in [0.15, 0.2) is 24.3 Å². The Hall–Kier alpha value is -1.55. The van der Waals surface area contributed by atoms with E-state index in [1.165, 1.54) is 0 Å². The molecule has 0 bridgehead atoms. The Kier molecular flexibility index (Phi) is 4.43. The number of anilines is 1. The minimum Gasteiger partial charge on any atom is -0.387 e. The molecule has 1 saturated heterocycles. The van der Waals surface area contributed by atoms with Crippen molar-refractivity contribution in [1.82, 2.24) is 5.32 Å². The van der Waals surface area contributed by atoms with Gasteiger partial charge in [0, 0.05) is 32.5 Å². The maximum absolute atomic E-state index is 12.2. The maximum atomic E-state index is 12.2. The van der Waals surface area contributed by atoms with E-state index < -0.39 is 0 Å². The molecule has 0 aliphatic carbocycles. The topological polar surface area (TPSA) is 50.4 Å². The Bertz CT molecular complexity index is 440. The number of rotatable bonds is 4. The summed E-state index contributed by atoms with van der Waals surface area (Å²) in [7, 11) is 1.83. The van der Waals surface area contributed by atoms with Crippen molar-refractivity contribution in [1.29, 1.82) is 0 Å². The van der Waals surface area contributed by atoms with E-state index in [9.17, 15) is 4.79 Å². The van der Waals surface area contributed by atoms with Gasteiger partial charge < -0.3 is 15.4 Å². The molecule has 2 rings (SSSR count). The molecule has 1 aliphatic heterocycles. The van der Waals surface area contributed by atoms with Gasteiger partial charge >= 0.3 is 0 Å². The first-order chi connectivity index (χ1) is 9.14. The van der Waals surface area contributed by atoms with Crippen LogP contribution < -0.4 is 10.6 Å². The zero-order valence-electron chi connectivity index (χ0n) is 11.7. The highest BCUT2D eigenvalue weighted by molar-refractivity contribution is 5.99. The Balaban J connectivity index is 1.97. The van der Waals surface area contributed by atoms with Gasteiger partial charge in [-0.1, -0.05) is 19.1 Å².